The van der Waals surface area contributed by atoms with Gasteiger partial charge in [-0.25, -0.2) is 9.97 Å². The predicted molar refractivity (Wildman–Crippen MR) is 203 cm³/mol. The first-order chi connectivity index (χ1) is 27.0. The molecular weight excluding hydrogens is 697 g/mol. The number of esters is 1. The lowest BCUT2D eigenvalue weighted by Crippen LogP contribution is -2.58. The monoisotopic (exact) mass is 736 g/mol. The molecule has 4 aromatic carbocycles. The molecule has 2 amide bonds. The van der Waals surface area contributed by atoms with Crippen LogP contribution in [0.5, 0.6) is 5.75 Å². The number of cyclic esters (lactones) is 1. The molecule has 0 aliphatic carbocycles. The van der Waals surface area contributed by atoms with E-state index >= 15 is 9.59 Å². The van der Waals surface area contributed by atoms with Crippen LogP contribution >= 0.6 is 0 Å². The van der Waals surface area contributed by atoms with Gasteiger partial charge in [-0.15, -0.1) is 0 Å². The summed E-state index contributed by atoms with van der Waals surface area (Å²) in [4.78, 5) is 60.4. The number of aliphatic hydroxyl groups is 1. The van der Waals surface area contributed by atoms with E-state index in [1.807, 2.05) is 102 Å². The molecule has 278 valence electrons. The number of para-hydroxylation sites is 1. The van der Waals surface area contributed by atoms with Crippen molar-refractivity contribution in [3.63, 3.8) is 0 Å². The number of hydrogen-bond acceptors (Lipinski definition) is 10. The molecule has 5 aromatic rings. The number of anilines is 2. The Balaban J connectivity index is 1.24. The number of fused-ring (bicyclic) bond motifs is 3. The van der Waals surface area contributed by atoms with E-state index in [0.29, 0.717) is 49.1 Å². The van der Waals surface area contributed by atoms with Gasteiger partial charge < -0.3 is 29.7 Å². The van der Waals surface area contributed by atoms with Gasteiger partial charge in [0.25, 0.3) is 0 Å². The average Bonchev–Trinajstić information content (AvgIpc) is 3.72. The summed E-state index contributed by atoms with van der Waals surface area (Å²) >= 11 is 0. The van der Waals surface area contributed by atoms with Crippen LogP contribution in [0.4, 0.5) is 11.6 Å². The van der Waals surface area contributed by atoms with Crippen LogP contribution in [-0.2, 0) is 24.5 Å². The Morgan fingerprint density at radius 1 is 0.782 bits per heavy atom. The van der Waals surface area contributed by atoms with Crippen LogP contribution in [0, 0.1) is 5.92 Å². The largest absolute Gasteiger partial charge is 0.491 e. The van der Waals surface area contributed by atoms with Gasteiger partial charge in [0.2, 0.25) is 17.8 Å². The Morgan fingerprint density at radius 3 is 2.13 bits per heavy atom. The van der Waals surface area contributed by atoms with E-state index < -0.39 is 41.5 Å². The van der Waals surface area contributed by atoms with E-state index in [4.69, 9.17) is 9.47 Å². The van der Waals surface area contributed by atoms with Crippen molar-refractivity contribution in [2.24, 2.45) is 5.92 Å². The summed E-state index contributed by atoms with van der Waals surface area (Å²) in [7, 11) is 0. The second kappa shape index (κ2) is 14.3. The quantitative estimate of drug-likeness (QED) is 0.220. The Bertz CT molecular complexity index is 2180. The van der Waals surface area contributed by atoms with Crippen molar-refractivity contribution < 1.29 is 29.0 Å². The summed E-state index contributed by atoms with van der Waals surface area (Å²) in [5, 5.41) is 12.6. The molecule has 55 heavy (non-hydrogen) atoms. The van der Waals surface area contributed by atoms with Crippen molar-refractivity contribution in [1.82, 2.24) is 19.8 Å². The molecule has 2 N–H and O–H groups in total. The van der Waals surface area contributed by atoms with Gasteiger partial charge in [-0.3, -0.25) is 19.3 Å². The van der Waals surface area contributed by atoms with Gasteiger partial charge in [-0.2, -0.15) is 0 Å². The second-order valence-electron chi connectivity index (χ2n) is 14.3. The minimum absolute atomic E-state index is 0.123. The number of nitrogens with zero attached hydrogens (tertiary/aromatic N) is 5. The maximum absolute atomic E-state index is 15.5. The smallest absolute Gasteiger partial charge is 0.324 e. The van der Waals surface area contributed by atoms with Gasteiger partial charge in [0.15, 0.2) is 0 Å². The molecule has 6 atom stereocenters. The molecule has 0 radical (unpaired) electrons. The third-order valence-electron chi connectivity index (χ3n) is 11.5. The number of carbonyl (C=O) groups is 3. The maximum atomic E-state index is 15.5. The fourth-order valence-corrected chi connectivity index (χ4v) is 9.22. The van der Waals surface area contributed by atoms with E-state index in [-0.39, 0.29) is 25.0 Å². The van der Waals surface area contributed by atoms with E-state index in [1.54, 1.807) is 35.5 Å². The van der Waals surface area contributed by atoms with E-state index in [0.717, 1.165) is 16.7 Å². The van der Waals surface area contributed by atoms with Crippen LogP contribution in [-0.4, -0.2) is 88.1 Å². The lowest BCUT2D eigenvalue weighted by molar-refractivity contribution is -0.179. The molecule has 4 aliphatic rings. The van der Waals surface area contributed by atoms with Crippen LogP contribution in [0.2, 0.25) is 0 Å². The fourth-order valence-electron chi connectivity index (χ4n) is 9.22. The molecule has 1 spiro atoms. The van der Waals surface area contributed by atoms with Crippen molar-refractivity contribution in [3.8, 4) is 5.75 Å². The highest BCUT2D eigenvalue weighted by atomic mass is 16.6. The SMILES string of the molecule is O=C1OC(c2ccccc2)C(c2ccccc2)N2C1C(C(=O)N1CCN(c3ncccn3)CC1)C1(C(=O)Nc3ccccc31)C2c1ccc(OCCO)cc1. The number of piperazine rings is 1. The summed E-state index contributed by atoms with van der Waals surface area (Å²) in [5.74, 6) is -1.21. The molecule has 0 saturated carbocycles. The Morgan fingerprint density at radius 2 is 1.44 bits per heavy atom. The predicted octanol–water partition coefficient (Wildman–Crippen LogP) is 4.47. The van der Waals surface area contributed by atoms with Gasteiger partial charge in [-0.05, 0) is 46.5 Å². The van der Waals surface area contributed by atoms with Gasteiger partial charge in [0, 0.05) is 44.3 Å². The van der Waals surface area contributed by atoms with E-state index in [1.165, 1.54) is 0 Å². The molecule has 0 bridgehead atoms. The summed E-state index contributed by atoms with van der Waals surface area (Å²) in [6.45, 7) is 1.66. The molecule has 12 nitrogen and oxygen atoms in total. The van der Waals surface area contributed by atoms with Crippen LogP contribution in [0.1, 0.15) is 40.4 Å². The van der Waals surface area contributed by atoms with Crippen LogP contribution in [0.25, 0.3) is 0 Å². The summed E-state index contributed by atoms with van der Waals surface area (Å²) in [6.07, 6.45) is 2.64. The van der Waals surface area contributed by atoms with Gasteiger partial charge >= 0.3 is 5.97 Å². The summed E-state index contributed by atoms with van der Waals surface area (Å²) in [5.41, 5.74) is 2.14. The highest BCUT2D eigenvalue weighted by molar-refractivity contribution is 6.12. The van der Waals surface area contributed by atoms with Gasteiger partial charge in [-0.1, -0.05) is 91.0 Å². The molecule has 5 heterocycles. The highest BCUT2D eigenvalue weighted by Crippen LogP contribution is 2.65. The second-order valence-corrected chi connectivity index (χ2v) is 14.3. The highest BCUT2D eigenvalue weighted by Gasteiger charge is 2.74. The Hall–Kier alpha value is -6.11. The molecule has 3 saturated heterocycles. The van der Waals surface area contributed by atoms with Crippen molar-refractivity contribution in [2.45, 2.75) is 29.6 Å². The number of ether oxygens (including phenoxy) is 2. The van der Waals surface area contributed by atoms with Crippen LogP contribution in [0.15, 0.2) is 128 Å². The summed E-state index contributed by atoms with van der Waals surface area (Å²) < 4.78 is 12.3. The van der Waals surface area contributed by atoms with Crippen molar-refractivity contribution in [2.75, 3.05) is 49.6 Å². The fraction of sp³-hybridized carbons (Fsp3) is 0.279. The van der Waals surface area contributed by atoms with Gasteiger partial charge in [0.1, 0.15) is 29.9 Å². The standard InChI is InChI=1S/C43H40N6O6/c50-26-27-54-31-18-16-30(17-19-31)38-43(32-14-7-8-15-33(32)46-41(43)53)34(39(51)47-22-24-48(25-23-47)42-44-20-9-21-45-42)36-40(52)55-37(29-12-5-2-6-13-29)35(49(36)38)28-10-3-1-4-11-28/h1-21,34-38,50H,22-27H2,(H,46,53). The molecule has 4 aliphatic heterocycles. The van der Waals surface area contributed by atoms with Crippen molar-refractivity contribution in [1.29, 1.82) is 0 Å². The molecule has 1 aromatic heterocycles. The van der Waals surface area contributed by atoms with Crippen molar-refractivity contribution in [3.05, 3.63) is 150 Å². The number of amides is 2. The van der Waals surface area contributed by atoms with E-state index in [2.05, 4.69) is 20.2 Å². The Labute approximate surface area is 318 Å². The average molecular weight is 737 g/mol. The zero-order valence-corrected chi connectivity index (χ0v) is 30.0. The van der Waals surface area contributed by atoms with E-state index in [9.17, 15) is 9.90 Å². The first-order valence-electron chi connectivity index (χ1n) is 18.6. The lowest BCUT2D eigenvalue weighted by Gasteiger charge is -2.46. The lowest BCUT2D eigenvalue weighted by atomic mass is 9.65. The van der Waals surface area contributed by atoms with Crippen LogP contribution < -0.4 is 15.0 Å². The number of carbonyl (C=O) groups excluding carboxylic acids is 3. The number of rotatable bonds is 8. The van der Waals surface area contributed by atoms with Gasteiger partial charge in [0.05, 0.1) is 24.6 Å². The molecule has 9 rings (SSSR count). The number of benzene rings is 4. The third kappa shape index (κ3) is 5.71. The number of hydrogen-bond donors (Lipinski definition) is 2. The number of nitrogens with one attached hydrogen (secondary N) is 1. The third-order valence-corrected chi connectivity index (χ3v) is 11.5. The van der Waals surface area contributed by atoms with Crippen molar-refractivity contribution >= 4 is 29.4 Å². The summed E-state index contributed by atoms with van der Waals surface area (Å²) in [6, 6.07) is 33.6. The number of aromatic nitrogens is 2. The first-order valence-corrected chi connectivity index (χ1v) is 18.6. The van der Waals surface area contributed by atoms with Crippen LogP contribution in [0.3, 0.4) is 0 Å². The molecule has 3 fully saturated rings. The Kier molecular flexibility index (Phi) is 8.99. The molecular formula is C43H40N6O6. The zero-order chi connectivity index (χ0) is 37.5. The number of morpholine rings is 1. The molecule has 6 unspecified atom stereocenters. The topological polar surface area (TPSA) is 137 Å². The molecule has 12 heteroatoms. The maximum Gasteiger partial charge on any atom is 0.324 e. The minimum atomic E-state index is -1.54. The minimum Gasteiger partial charge on any atom is -0.491 e. The number of aliphatic hydroxyl groups excluding tert-OH is 1. The zero-order valence-electron chi connectivity index (χ0n) is 30.0. The normalized spacial score (nSPS) is 25.9. The first kappa shape index (κ1) is 34.6.